The van der Waals surface area contributed by atoms with Gasteiger partial charge in [-0.05, 0) is 62.1 Å². The molecule has 0 atom stereocenters. The highest BCUT2D eigenvalue weighted by Gasteiger charge is 2.11. The highest BCUT2D eigenvalue weighted by Crippen LogP contribution is 2.27. The second-order valence-electron chi connectivity index (χ2n) is 5.27. The minimum absolute atomic E-state index is 0.209. The highest BCUT2D eigenvalue weighted by atomic mass is 32.1. The van der Waals surface area contributed by atoms with Gasteiger partial charge in [0.2, 0.25) is 0 Å². The Kier molecular flexibility index (Phi) is 5.21. The molecule has 2 nitrogen and oxygen atoms in total. The van der Waals surface area contributed by atoms with Gasteiger partial charge in [-0.2, -0.15) is 0 Å². The smallest absolute Gasteiger partial charge is 0.0606 e. The molecule has 1 aliphatic rings. The number of nitrogens with zero attached hydrogens (tertiary/aromatic N) is 1. The van der Waals surface area contributed by atoms with Crippen molar-refractivity contribution < 1.29 is 5.11 Å². The van der Waals surface area contributed by atoms with Crippen LogP contribution in [0, 0.1) is 6.92 Å². The lowest BCUT2D eigenvalue weighted by Gasteiger charge is -2.25. The third kappa shape index (κ3) is 3.84. The van der Waals surface area contributed by atoms with E-state index in [9.17, 15) is 0 Å². The summed E-state index contributed by atoms with van der Waals surface area (Å²) in [6.45, 7) is 5.23. The first kappa shape index (κ1) is 15.1. The van der Waals surface area contributed by atoms with E-state index in [4.69, 9.17) is 5.11 Å². The molecule has 0 radical (unpaired) electrons. The number of hydrogen-bond donors (Lipinski definition) is 1. The Hall–Kier alpha value is -1.32. The third-order valence-electron chi connectivity index (χ3n) is 3.68. The number of aliphatic hydroxyl groups excluding tert-OH is 1. The van der Waals surface area contributed by atoms with Crippen LogP contribution in [-0.4, -0.2) is 30.2 Å². The van der Waals surface area contributed by atoms with Gasteiger partial charge < -0.3 is 10.0 Å². The van der Waals surface area contributed by atoms with Crippen LogP contribution in [-0.2, 0) is 0 Å². The number of rotatable bonds is 5. The fourth-order valence-electron chi connectivity index (χ4n) is 2.41. The van der Waals surface area contributed by atoms with Gasteiger partial charge in [0.1, 0.15) is 0 Å². The number of aliphatic hydroxyl groups is 1. The Labute approximate surface area is 125 Å². The van der Waals surface area contributed by atoms with Crippen LogP contribution in [0.3, 0.4) is 0 Å². The van der Waals surface area contributed by atoms with E-state index in [1.54, 1.807) is 0 Å². The van der Waals surface area contributed by atoms with Crippen LogP contribution in [0.5, 0.6) is 0 Å². The van der Waals surface area contributed by atoms with E-state index in [1.807, 2.05) is 18.4 Å². The Bertz CT molecular complexity index is 551. The molecule has 3 heteroatoms. The van der Waals surface area contributed by atoms with E-state index in [0.717, 1.165) is 12.8 Å². The quantitative estimate of drug-likeness (QED) is 0.886. The third-order valence-corrected chi connectivity index (χ3v) is 4.64. The summed E-state index contributed by atoms with van der Waals surface area (Å²) >= 11 is 1.83. The van der Waals surface area contributed by atoms with Crippen LogP contribution in [0.2, 0.25) is 0 Å². The molecular formula is C17H23NOS. The van der Waals surface area contributed by atoms with E-state index >= 15 is 0 Å². The summed E-state index contributed by atoms with van der Waals surface area (Å²) < 4.78 is 0. The van der Waals surface area contributed by atoms with Gasteiger partial charge in [-0.1, -0.05) is 6.08 Å². The molecule has 0 fully saturated rings. The minimum atomic E-state index is 0.209. The zero-order valence-corrected chi connectivity index (χ0v) is 13.3. The predicted molar refractivity (Wildman–Crippen MR) is 87.8 cm³/mol. The zero-order chi connectivity index (χ0) is 14.5. The molecule has 1 aromatic heterocycles. The molecule has 0 amide bonds. The fraction of sp³-hybridized carbons (Fsp3) is 0.412. The second kappa shape index (κ2) is 6.91. The summed E-state index contributed by atoms with van der Waals surface area (Å²) in [7, 11) is 2.05. The number of likely N-dealkylation sites (N-methyl/N-ethyl adjacent to an activating group) is 1. The Balaban J connectivity index is 2.09. The largest absolute Gasteiger partial charge is 0.395 e. The maximum absolute atomic E-state index is 9.01. The van der Waals surface area contributed by atoms with Crippen LogP contribution in [0.1, 0.15) is 29.5 Å². The van der Waals surface area contributed by atoms with Gasteiger partial charge in [0.25, 0.3) is 0 Å². The minimum Gasteiger partial charge on any atom is -0.395 e. The van der Waals surface area contributed by atoms with Crippen molar-refractivity contribution in [1.82, 2.24) is 4.90 Å². The van der Waals surface area contributed by atoms with Crippen molar-refractivity contribution in [2.45, 2.75) is 26.7 Å². The van der Waals surface area contributed by atoms with E-state index in [1.165, 1.54) is 26.6 Å². The lowest BCUT2D eigenvalue weighted by atomic mass is 9.95. The molecule has 0 unspecified atom stereocenters. The van der Waals surface area contributed by atoms with Crippen LogP contribution in [0.15, 0.2) is 41.1 Å². The lowest BCUT2D eigenvalue weighted by molar-refractivity contribution is 0.242. The van der Waals surface area contributed by atoms with Gasteiger partial charge in [0.05, 0.1) is 6.61 Å². The molecule has 0 aliphatic heterocycles. The summed E-state index contributed by atoms with van der Waals surface area (Å²) in [5, 5.41) is 9.01. The molecule has 1 heterocycles. The van der Waals surface area contributed by atoms with Gasteiger partial charge in [-0.3, -0.25) is 0 Å². The van der Waals surface area contributed by atoms with Crippen LogP contribution in [0.25, 0.3) is 6.08 Å². The summed E-state index contributed by atoms with van der Waals surface area (Å²) in [4.78, 5) is 4.81. The average molecular weight is 289 g/mol. The van der Waals surface area contributed by atoms with Gasteiger partial charge in [-0.15, -0.1) is 11.3 Å². The van der Waals surface area contributed by atoms with Crippen molar-refractivity contribution >= 4 is 17.4 Å². The predicted octanol–water partition coefficient (Wildman–Crippen LogP) is 3.99. The van der Waals surface area contributed by atoms with Gasteiger partial charge >= 0.3 is 0 Å². The van der Waals surface area contributed by atoms with Crippen molar-refractivity contribution in [2.75, 3.05) is 20.2 Å². The molecule has 0 bridgehead atoms. The van der Waals surface area contributed by atoms with E-state index in [2.05, 4.69) is 49.1 Å². The monoisotopic (exact) mass is 289 g/mol. The first-order chi connectivity index (χ1) is 9.60. The normalized spacial score (nSPS) is 15.9. The maximum Gasteiger partial charge on any atom is 0.0606 e. The Morgan fingerprint density at radius 2 is 2.05 bits per heavy atom. The first-order valence-corrected chi connectivity index (χ1v) is 7.88. The molecule has 0 aromatic carbocycles. The summed E-state index contributed by atoms with van der Waals surface area (Å²) in [6, 6.07) is 4.33. The molecule has 0 spiro atoms. The number of hydrogen-bond acceptors (Lipinski definition) is 3. The van der Waals surface area contributed by atoms with Gasteiger partial charge in [-0.25, -0.2) is 0 Å². The van der Waals surface area contributed by atoms with Crippen molar-refractivity contribution in [2.24, 2.45) is 0 Å². The standard InChI is InChI=1S/C17H23NOS/c1-13-12-16(18(3)10-11-19)7-5-15(13)6-9-17-8-4-14(2)20-17/h4,6,8-9,12,19H,5,7,10-11H2,1-3H3/b9-6+. The number of thiophene rings is 1. The number of allylic oxidation sites excluding steroid dienone is 5. The molecule has 2 rings (SSSR count). The fourth-order valence-corrected chi connectivity index (χ4v) is 3.19. The SMILES string of the molecule is CC1=C(/C=C/c2ccc(C)s2)CCC(N(C)CCO)=C1. The number of aryl methyl sites for hydroxylation is 1. The summed E-state index contributed by atoms with van der Waals surface area (Å²) in [6.07, 6.45) is 8.84. The van der Waals surface area contributed by atoms with Crippen molar-refractivity contribution in [1.29, 1.82) is 0 Å². The molecule has 0 saturated carbocycles. The maximum atomic E-state index is 9.01. The average Bonchev–Trinajstić information content (AvgIpc) is 2.83. The first-order valence-electron chi connectivity index (χ1n) is 7.07. The highest BCUT2D eigenvalue weighted by molar-refractivity contribution is 7.12. The molecule has 20 heavy (non-hydrogen) atoms. The zero-order valence-electron chi connectivity index (χ0n) is 12.5. The topological polar surface area (TPSA) is 23.5 Å². The molecular weight excluding hydrogens is 266 g/mol. The molecule has 0 saturated heterocycles. The van der Waals surface area contributed by atoms with Crippen LogP contribution < -0.4 is 0 Å². The van der Waals surface area contributed by atoms with Gasteiger partial charge in [0, 0.05) is 29.0 Å². The van der Waals surface area contributed by atoms with Crippen molar-refractivity contribution in [3.05, 3.63) is 50.9 Å². The van der Waals surface area contributed by atoms with Crippen LogP contribution in [0.4, 0.5) is 0 Å². The summed E-state index contributed by atoms with van der Waals surface area (Å²) in [5.74, 6) is 0. The second-order valence-corrected chi connectivity index (χ2v) is 6.59. The van der Waals surface area contributed by atoms with E-state index < -0.39 is 0 Å². The lowest BCUT2D eigenvalue weighted by Crippen LogP contribution is -2.22. The Morgan fingerprint density at radius 3 is 2.65 bits per heavy atom. The van der Waals surface area contributed by atoms with E-state index in [-0.39, 0.29) is 6.61 Å². The molecule has 108 valence electrons. The van der Waals surface area contributed by atoms with Gasteiger partial charge in [0.15, 0.2) is 0 Å². The molecule has 1 aromatic rings. The molecule has 1 aliphatic carbocycles. The van der Waals surface area contributed by atoms with E-state index in [0.29, 0.717) is 6.54 Å². The van der Waals surface area contributed by atoms with Crippen molar-refractivity contribution in [3.63, 3.8) is 0 Å². The summed E-state index contributed by atoms with van der Waals surface area (Å²) in [5.41, 5.74) is 4.07. The Morgan fingerprint density at radius 1 is 1.25 bits per heavy atom. The molecule has 1 N–H and O–H groups in total. The van der Waals surface area contributed by atoms with Crippen molar-refractivity contribution in [3.8, 4) is 0 Å². The van der Waals surface area contributed by atoms with Crippen LogP contribution >= 0.6 is 11.3 Å².